The molecule has 0 saturated heterocycles. The molecule has 1 heterocycles. The quantitative estimate of drug-likeness (QED) is 0.415. The highest BCUT2D eigenvalue weighted by Crippen LogP contribution is 2.18. The van der Waals surface area contributed by atoms with Gasteiger partial charge in [0.05, 0.1) is 5.56 Å². The third kappa shape index (κ3) is 2.74. The van der Waals surface area contributed by atoms with Gasteiger partial charge in [-0.15, -0.1) is 0 Å². The predicted octanol–water partition coefficient (Wildman–Crippen LogP) is 4.08. The molecule has 0 aliphatic rings. The fourth-order valence-electron chi connectivity index (χ4n) is 2.30. The molecule has 0 radical (unpaired) electrons. The third-order valence-electron chi connectivity index (χ3n) is 3.47. The number of para-hydroxylation sites is 1. The molecule has 0 unspecified atom stereocenters. The second-order valence-corrected chi connectivity index (χ2v) is 5.04. The van der Waals surface area contributed by atoms with Gasteiger partial charge >= 0.3 is 5.63 Å². The summed E-state index contributed by atoms with van der Waals surface area (Å²) in [7, 11) is 0. The van der Waals surface area contributed by atoms with Crippen LogP contribution < -0.4 is 5.63 Å². The van der Waals surface area contributed by atoms with Gasteiger partial charge in [0.1, 0.15) is 5.58 Å². The number of carbonyl (C=O) groups is 1. The van der Waals surface area contributed by atoms with E-state index in [0.29, 0.717) is 22.3 Å². The van der Waals surface area contributed by atoms with E-state index in [2.05, 4.69) is 0 Å². The SMILES string of the molecule is C/C(=C/C(=O)c1ccccc1)c1cc2ccccc2oc1=O. The van der Waals surface area contributed by atoms with E-state index in [1.807, 2.05) is 24.3 Å². The maximum Gasteiger partial charge on any atom is 0.343 e. The van der Waals surface area contributed by atoms with Crippen molar-refractivity contribution in [3.8, 4) is 0 Å². The van der Waals surface area contributed by atoms with E-state index in [4.69, 9.17) is 4.42 Å². The Hall–Kier alpha value is -2.94. The first-order valence-corrected chi connectivity index (χ1v) is 6.96. The largest absolute Gasteiger partial charge is 0.422 e. The van der Waals surface area contributed by atoms with Gasteiger partial charge in [-0.25, -0.2) is 4.79 Å². The average Bonchev–Trinajstić information content (AvgIpc) is 2.54. The van der Waals surface area contributed by atoms with Crippen LogP contribution in [-0.4, -0.2) is 5.78 Å². The van der Waals surface area contributed by atoms with E-state index in [9.17, 15) is 9.59 Å². The highest BCUT2D eigenvalue weighted by molar-refractivity contribution is 6.08. The van der Waals surface area contributed by atoms with Crippen LogP contribution in [0.4, 0.5) is 0 Å². The van der Waals surface area contributed by atoms with Crippen LogP contribution in [-0.2, 0) is 0 Å². The number of hydrogen-bond donors (Lipinski definition) is 0. The third-order valence-corrected chi connectivity index (χ3v) is 3.47. The van der Waals surface area contributed by atoms with Gasteiger partial charge in [-0.05, 0) is 30.7 Å². The normalized spacial score (nSPS) is 11.6. The Morgan fingerprint density at radius 3 is 2.45 bits per heavy atom. The van der Waals surface area contributed by atoms with Gasteiger partial charge in [-0.2, -0.15) is 0 Å². The molecule has 108 valence electrons. The van der Waals surface area contributed by atoms with Gasteiger partial charge in [-0.3, -0.25) is 4.79 Å². The van der Waals surface area contributed by atoms with Crippen LogP contribution >= 0.6 is 0 Å². The molecule has 3 heteroatoms. The summed E-state index contributed by atoms with van der Waals surface area (Å²) in [6, 6.07) is 18.0. The van der Waals surface area contributed by atoms with Crippen molar-refractivity contribution in [2.24, 2.45) is 0 Å². The lowest BCUT2D eigenvalue weighted by Gasteiger charge is -2.03. The highest BCUT2D eigenvalue weighted by Gasteiger charge is 2.09. The average molecular weight is 290 g/mol. The zero-order chi connectivity index (χ0) is 15.5. The summed E-state index contributed by atoms with van der Waals surface area (Å²) >= 11 is 0. The van der Waals surface area contributed by atoms with Gasteiger partial charge in [0.2, 0.25) is 0 Å². The topological polar surface area (TPSA) is 47.3 Å². The minimum Gasteiger partial charge on any atom is -0.422 e. The Bertz CT molecular complexity index is 918. The molecule has 3 rings (SSSR count). The number of allylic oxidation sites excluding steroid dienone is 2. The molecule has 3 nitrogen and oxygen atoms in total. The van der Waals surface area contributed by atoms with Crippen molar-refractivity contribution in [3.63, 3.8) is 0 Å². The number of ketones is 1. The molecule has 0 atom stereocenters. The van der Waals surface area contributed by atoms with Gasteiger partial charge in [0.25, 0.3) is 0 Å². The molecule has 0 amide bonds. The number of rotatable bonds is 3. The van der Waals surface area contributed by atoms with Crippen molar-refractivity contribution < 1.29 is 9.21 Å². The van der Waals surface area contributed by atoms with E-state index in [-0.39, 0.29) is 5.78 Å². The molecular weight excluding hydrogens is 276 g/mol. The summed E-state index contributed by atoms with van der Waals surface area (Å²) in [4.78, 5) is 24.3. The monoisotopic (exact) mass is 290 g/mol. The zero-order valence-corrected chi connectivity index (χ0v) is 12.1. The van der Waals surface area contributed by atoms with E-state index in [1.54, 1.807) is 43.3 Å². The van der Waals surface area contributed by atoms with Crippen molar-refractivity contribution >= 4 is 22.3 Å². The Balaban J connectivity index is 2.03. The van der Waals surface area contributed by atoms with Crippen LogP contribution in [0, 0.1) is 0 Å². The Morgan fingerprint density at radius 1 is 1.00 bits per heavy atom. The van der Waals surface area contributed by atoms with E-state index < -0.39 is 5.63 Å². The van der Waals surface area contributed by atoms with Crippen molar-refractivity contribution in [3.05, 3.63) is 88.3 Å². The minimum absolute atomic E-state index is 0.134. The molecule has 0 N–H and O–H groups in total. The summed E-state index contributed by atoms with van der Waals surface area (Å²) in [5, 5.41) is 0.831. The Kier molecular flexibility index (Phi) is 3.71. The maximum atomic E-state index is 12.2. The summed E-state index contributed by atoms with van der Waals surface area (Å²) in [5.41, 5.74) is 1.69. The number of hydrogen-bond acceptors (Lipinski definition) is 3. The molecule has 22 heavy (non-hydrogen) atoms. The van der Waals surface area contributed by atoms with Crippen molar-refractivity contribution in [2.45, 2.75) is 6.92 Å². The van der Waals surface area contributed by atoms with Gasteiger partial charge < -0.3 is 4.42 Å². The van der Waals surface area contributed by atoms with Crippen LogP contribution in [0.25, 0.3) is 16.5 Å². The summed E-state index contributed by atoms with van der Waals surface area (Å²) in [6.07, 6.45) is 1.47. The summed E-state index contributed by atoms with van der Waals surface area (Å²) in [6.45, 7) is 1.74. The first-order valence-electron chi connectivity index (χ1n) is 6.96. The van der Waals surface area contributed by atoms with Gasteiger partial charge in [0.15, 0.2) is 5.78 Å². The molecule has 0 fully saturated rings. The van der Waals surface area contributed by atoms with Crippen molar-refractivity contribution in [1.82, 2.24) is 0 Å². The lowest BCUT2D eigenvalue weighted by molar-refractivity contribution is 0.104. The number of carbonyl (C=O) groups excluding carboxylic acids is 1. The van der Waals surface area contributed by atoms with Gasteiger partial charge in [0, 0.05) is 10.9 Å². The van der Waals surface area contributed by atoms with Crippen LogP contribution in [0.3, 0.4) is 0 Å². The molecule has 0 saturated carbocycles. The summed E-state index contributed by atoms with van der Waals surface area (Å²) < 4.78 is 5.29. The first kappa shape index (κ1) is 14.0. The Labute approximate surface area is 127 Å². The molecule has 0 bridgehead atoms. The molecule has 0 spiro atoms. The van der Waals surface area contributed by atoms with Crippen LogP contribution in [0.1, 0.15) is 22.8 Å². The molecule has 0 aliphatic heterocycles. The van der Waals surface area contributed by atoms with Crippen LogP contribution in [0.15, 0.2) is 76.0 Å². The summed E-state index contributed by atoms with van der Waals surface area (Å²) in [5.74, 6) is -0.134. The standard InChI is InChI=1S/C19H14O3/c1-13(11-17(20)14-7-3-2-4-8-14)16-12-15-9-5-6-10-18(15)22-19(16)21/h2-12H,1H3/b13-11-. The van der Waals surface area contributed by atoms with Crippen LogP contribution in [0.2, 0.25) is 0 Å². The van der Waals surface area contributed by atoms with E-state index in [0.717, 1.165) is 5.39 Å². The van der Waals surface area contributed by atoms with E-state index in [1.165, 1.54) is 6.08 Å². The molecule has 3 aromatic rings. The second-order valence-electron chi connectivity index (χ2n) is 5.04. The first-order chi connectivity index (χ1) is 10.6. The lowest BCUT2D eigenvalue weighted by Crippen LogP contribution is -2.06. The molecule has 2 aromatic carbocycles. The number of fused-ring (bicyclic) bond motifs is 1. The van der Waals surface area contributed by atoms with E-state index >= 15 is 0 Å². The lowest BCUT2D eigenvalue weighted by atomic mass is 10.0. The van der Waals surface area contributed by atoms with Gasteiger partial charge in [-0.1, -0.05) is 48.5 Å². The Morgan fingerprint density at radius 2 is 1.68 bits per heavy atom. The minimum atomic E-state index is -0.437. The fraction of sp³-hybridized carbons (Fsp3) is 0.0526. The molecule has 1 aromatic heterocycles. The maximum absolute atomic E-state index is 12.2. The number of benzene rings is 2. The fourth-order valence-corrected chi connectivity index (χ4v) is 2.30. The zero-order valence-electron chi connectivity index (χ0n) is 12.1. The van der Waals surface area contributed by atoms with Crippen LogP contribution in [0.5, 0.6) is 0 Å². The second kappa shape index (κ2) is 5.82. The van der Waals surface area contributed by atoms with Crippen molar-refractivity contribution in [2.75, 3.05) is 0 Å². The smallest absolute Gasteiger partial charge is 0.343 e. The predicted molar refractivity (Wildman–Crippen MR) is 86.9 cm³/mol. The molecule has 0 aliphatic carbocycles. The van der Waals surface area contributed by atoms with Crippen molar-refractivity contribution in [1.29, 1.82) is 0 Å². The molecular formula is C19H14O3. The highest BCUT2D eigenvalue weighted by atomic mass is 16.4.